The molecule has 0 atom stereocenters. The van der Waals surface area contributed by atoms with Gasteiger partial charge >= 0.3 is 0 Å². The molecule has 134 valence electrons. The average molecular weight is 453 g/mol. The first-order valence-corrected chi connectivity index (χ1v) is 9.05. The summed E-state index contributed by atoms with van der Waals surface area (Å²) < 4.78 is 0.825. The third-order valence-corrected chi connectivity index (χ3v) is 4.68. The molecule has 2 amide bonds. The number of amides is 2. The van der Waals surface area contributed by atoms with Gasteiger partial charge in [0.25, 0.3) is 5.91 Å². The Morgan fingerprint density at radius 1 is 1.15 bits per heavy atom. The molecular weight excluding hydrogens is 438 g/mol. The second kappa shape index (κ2) is 9.47. The summed E-state index contributed by atoms with van der Waals surface area (Å²) in [5, 5.41) is 2.93. The van der Waals surface area contributed by atoms with Gasteiger partial charge in [-0.1, -0.05) is 51.8 Å². The van der Waals surface area contributed by atoms with Gasteiger partial charge in [0.05, 0.1) is 0 Å². The summed E-state index contributed by atoms with van der Waals surface area (Å²) in [4.78, 5) is 23.9. The van der Waals surface area contributed by atoms with Crippen molar-refractivity contribution in [3.05, 3.63) is 74.7 Å². The second-order valence-electron chi connectivity index (χ2n) is 5.22. The number of nitrogens with one attached hydrogen (secondary N) is 3. The van der Waals surface area contributed by atoms with E-state index in [1.54, 1.807) is 36.4 Å². The van der Waals surface area contributed by atoms with Gasteiger partial charge in [0, 0.05) is 21.1 Å². The zero-order chi connectivity index (χ0) is 19.1. The fourth-order valence-corrected chi connectivity index (χ4v) is 2.61. The van der Waals surface area contributed by atoms with E-state index in [0.717, 1.165) is 10.0 Å². The summed E-state index contributed by atoms with van der Waals surface area (Å²) in [6.45, 7) is 1.92. The number of hydrogen-bond donors (Lipinski definition) is 3. The molecule has 0 radical (unpaired) electrons. The normalized spacial score (nSPS) is 10.4. The van der Waals surface area contributed by atoms with Crippen molar-refractivity contribution in [1.82, 2.24) is 16.2 Å². The first-order valence-electron chi connectivity index (χ1n) is 7.47. The van der Waals surface area contributed by atoms with Gasteiger partial charge in [0.15, 0.2) is 5.11 Å². The summed E-state index contributed by atoms with van der Waals surface area (Å²) in [7, 11) is 0. The molecule has 0 aliphatic rings. The highest BCUT2D eigenvalue weighted by Gasteiger charge is 2.08. The van der Waals surface area contributed by atoms with Crippen LogP contribution in [-0.4, -0.2) is 16.9 Å². The monoisotopic (exact) mass is 451 g/mol. The predicted molar refractivity (Wildman–Crippen MR) is 111 cm³/mol. The Labute approximate surface area is 169 Å². The van der Waals surface area contributed by atoms with Crippen LogP contribution in [0.25, 0.3) is 6.08 Å². The van der Waals surface area contributed by atoms with E-state index in [9.17, 15) is 9.59 Å². The molecule has 0 unspecified atom stereocenters. The second-order valence-corrected chi connectivity index (χ2v) is 6.89. The van der Waals surface area contributed by atoms with Crippen molar-refractivity contribution >= 4 is 62.8 Å². The number of aryl methyl sites for hydroxylation is 1. The topological polar surface area (TPSA) is 70.2 Å². The molecule has 0 aliphatic heterocycles. The number of thiocarbonyl (C=S) groups is 1. The van der Waals surface area contributed by atoms with Crippen LogP contribution in [0.15, 0.2) is 53.0 Å². The molecule has 0 saturated heterocycles. The third-order valence-electron chi connectivity index (χ3n) is 3.28. The van der Waals surface area contributed by atoms with E-state index in [-0.39, 0.29) is 11.0 Å². The van der Waals surface area contributed by atoms with E-state index in [1.165, 1.54) is 6.08 Å². The van der Waals surface area contributed by atoms with Crippen molar-refractivity contribution < 1.29 is 9.59 Å². The molecule has 0 saturated carbocycles. The predicted octanol–water partition coefficient (Wildman–Crippen LogP) is 3.76. The number of hydrazine groups is 1. The molecule has 3 N–H and O–H groups in total. The number of rotatable bonds is 3. The molecule has 26 heavy (non-hydrogen) atoms. The highest BCUT2D eigenvalue weighted by Crippen LogP contribution is 2.17. The van der Waals surface area contributed by atoms with Crippen LogP contribution in [0.4, 0.5) is 0 Å². The first-order chi connectivity index (χ1) is 12.4. The van der Waals surface area contributed by atoms with Gasteiger partial charge in [-0.15, -0.1) is 0 Å². The molecule has 2 aromatic carbocycles. The summed E-state index contributed by atoms with van der Waals surface area (Å²) in [5.41, 5.74) is 7.08. The molecule has 2 aromatic rings. The van der Waals surface area contributed by atoms with Gasteiger partial charge in [-0.3, -0.25) is 25.8 Å². The Bertz CT molecular complexity index is 886. The molecule has 2 rings (SSSR count). The Morgan fingerprint density at radius 3 is 2.58 bits per heavy atom. The largest absolute Gasteiger partial charge is 0.298 e. The van der Waals surface area contributed by atoms with Crippen LogP contribution in [0.1, 0.15) is 21.5 Å². The number of benzene rings is 2. The zero-order valence-corrected chi connectivity index (χ0v) is 16.8. The van der Waals surface area contributed by atoms with Crippen LogP contribution in [-0.2, 0) is 4.79 Å². The maximum Gasteiger partial charge on any atom is 0.269 e. The molecule has 0 aromatic heterocycles. The maximum absolute atomic E-state index is 12.1. The molecule has 0 spiro atoms. The Kier molecular flexibility index (Phi) is 7.32. The number of carbonyl (C=O) groups is 2. The lowest BCUT2D eigenvalue weighted by Crippen LogP contribution is -2.48. The van der Waals surface area contributed by atoms with Gasteiger partial charge in [0.1, 0.15) is 0 Å². The van der Waals surface area contributed by atoms with E-state index in [1.807, 2.05) is 19.1 Å². The standard InChI is InChI=1S/C18H15BrClN3O2S/c1-11-6-7-13(10-14(11)19)17(25)22-23-18(26)21-16(24)9-8-12-4-2-3-5-15(12)20/h2-10H,1H3,(H,22,25)(H2,21,23,24,26). The van der Waals surface area contributed by atoms with Crippen LogP contribution in [0.2, 0.25) is 5.02 Å². The molecule has 0 heterocycles. The van der Waals surface area contributed by atoms with Crippen LogP contribution >= 0.6 is 39.7 Å². The first kappa shape index (κ1) is 20.1. The minimum Gasteiger partial charge on any atom is -0.298 e. The van der Waals surface area contributed by atoms with E-state index < -0.39 is 5.91 Å². The Morgan fingerprint density at radius 2 is 1.88 bits per heavy atom. The lowest BCUT2D eigenvalue weighted by Gasteiger charge is -2.10. The van der Waals surface area contributed by atoms with Crippen molar-refractivity contribution in [2.75, 3.05) is 0 Å². The van der Waals surface area contributed by atoms with Crippen LogP contribution in [0.5, 0.6) is 0 Å². The summed E-state index contributed by atoms with van der Waals surface area (Å²) in [5.74, 6) is -0.830. The highest BCUT2D eigenvalue weighted by atomic mass is 79.9. The van der Waals surface area contributed by atoms with E-state index in [4.69, 9.17) is 23.8 Å². The van der Waals surface area contributed by atoms with Crippen molar-refractivity contribution in [3.63, 3.8) is 0 Å². The Balaban J connectivity index is 1.84. The maximum atomic E-state index is 12.1. The summed E-state index contributed by atoms with van der Waals surface area (Å²) in [6, 6.07) is 12.3. The zero-order valence-electron chi connectivity index (χ0n) is 13.7. The van der Waals surface area contributed by atoms with Crippen molar-refractivity contribution in [3.8, 4) is 0 Å². The SMILES string of the molecule is Cc1ccc(C(=O)NNC(=S)NC(=O)C=Cc2ccccc2Cl)cc1Br. The van der Waals surface area contributed by atoms with Gasteiger partial charge in [-0.25, -0.2) is 0 Å². The quantitative estimate of drug-likeness (QED) is 0.377. The molecule has 0 aliphatic carbocycles. The average Bonchev–Trinajstić information content (AvgIpc) is 2.61. The molecule has 0 bridgehead atoms. The minimum absolute atomic E-state index is 0.0293. The van der Waals surface area contributed by atoms with E-state index >= 15 is 0 Å². The minimum atomic E-state index is -0.449. The smallest absolute Gasteiger partial charge is 0.269 e. The van der Waals surface area contributed by atoms with Crippen molar-refractivity contribution in [2.45, 2.75) is 6.92 Å². The van der Waals surface area contributed by atoms with Gasteiger partial charge < -0.3 is 0 Å². The third kappa shape index (κ3) is 5.94. The van der Waals surface area contributed by atoms with Crippen molar-refractivity contribution in [1.29, 1.82) is 0 Å². The van der Waals surface area contributed by atoms with Crippen molar-refractivity contribution in [2.24, 2.45) is 0 Å². The fraction of sp³-hybridized carbons (Fsp3) is 0.0556. The summed E-state index contributed by atoms with van der Waals surface area (Å²) in [6.07, 6.45) is 2.87. The molecule has 0 fully saturated rings. The lowest BCUT2D eigenvalue weighted by molar-refractivity contribution is -0.115. The number of hydrogen-bond acceptors (Lipinski definition) is 3. The molecular formula is C18H15BrClN3O2S. The van der Waals surface area contributed by atoms with Gasteiger partial charge in [0.2, 0.25) is 5.91 Å². The molecule has 8 heteroatoms. The Hall–Kier alpha value is -2.22. The number of carbonyl (C=O) groups excluding carboxylic acids is 2. The number of halogens is 2. The van der Waals surface area contributed by atoms with Gasteiger partial charge in [-0.05, 0) is 54.5 Å². The van der Waals surface area contributed by atoms with Crippen LogP contribution < -0.4 is 16.2 Å². The van der Waals surface area contributed by atoms with Crippen LogP contribution in [0, 0.1) is 6.92 Å². The molecule has 5 nitrogen and oxygen atoms in total. The highest BCUT2D eigenvalue weighted by molar-refractivity contribution is 9.10. The summed E-state index contributed by atoms with van der Waals surface area (Å²) >= 11 is 14.3. The van der Waals surface area contributed by atoms with E-state index in [0.29, 0.717) is 16.1 Å². The van der Waals surface area contributed by atoms with Gasteiger partial charge in [-0.2, -0.15) is 0 Å². The van der Waals surface area contributed by atoms with Crippen LogP contribution in [0.3, 0.4) is 0 Å². The van der Waals surface area contributed by atoms with E-state index in [2.05, 4.69) is 32.1 Å². The fourth-order valence-electron chi connectivity index (χ4n) is 1.88. The lowest BCUT2D eigenvalue weighted by atomic mass is 10.1.